The molecule has 1 aromatic heterocycles. The van der Waals surface area contributed by atoms with Crippen molar-refractivity contribution in [1.29, 1.82) is 0 Å². The summed E-state index contributed by atoms with van der Waals surface area (Å²) in [5, 5.41) is 5.36. The van der Waals surface area contributed by atoms with Gasteiger partial charge in [0.2, 0.25) is 0 Å². The van der Waals surface area contributed by atoms with E-state index in [9.17, 15) is 0 Å². The minimum absolute atomic E-state index is 0.128. The fraction of sp³-hybridized carbons (Fsp3) is 0.265. The molecule has 5 atom stereocenters. The Balaban J connectivity index is 1.23. The van der Waals surface area contributed by atoms with Gasteiger partial charge in [0.05, 0.1) is 6.04 Å². The highest BCUT2D eigenvalue weighted by atomic mass is 32.1. The molecule has 188 valence electrons. The number of aliphatic imine (C=N–C) groups is 1. The Morgan fingerprint density at radius 2 is 1.84 bits per heavy atom. The van der Waals surface area contributed by atoms with Crippen LogP contribution in [0.15, 0.2) is 108 Å². The summed E-state index contributed by atoms with van der Waals surface area (Å²) in [5.74, 6) is 1.08. The fourth-order valence-corrected chi connectivity index (χ4v) is 8.30. The molecule has 8 rings (SSSR count). The molecule has 2 aromatic carbocycles. The first-order valence-corrected chi connectivity index (χ1v) is 14.8. The number of benzene rings is 2. The van der Waals surface area contributed by atoms with Crippen LogP contribution >= 0.6 is 11.3 Å². The van der Waals surface area contributed by atoms with Gasteiger partial charge in [0.25, 0.3) is 0 Å². The van der Waals surface area contributed by atoms with E-state index in [0.29, 0.717) is 17.8 Å². The first kappa shape index (κ1) is 22.4. The summed E-state index contributed by atoms with van der Waals surface area (Å²) >= 11 is 1.96. The third-order valence-corrected chi connectivity index (χ3v) is 10.1. The molecule has 0 radical (unpaired) electrons. The molecule has 0 fully saturated rings. The first-order chi connectivity index (χ1) is 18.8. The monoisotopic (exact) mass is 513 g/mol. The van der Waals surface area contributed by atoms with Crippen molar-refractivity contribution in [1.82, 2.24) is 5.32 Å². The lowest BCUT2D eigenvalue weighted by Crippen LogP contribution is -2.51. The molecule has 0 bridgehead atoms. The average molecular weight is 514 g/mol. The summed E-state index contributed by atoms with van der Waals surface area (Å²) in [6.07, 6.45) is 25.4. The zero-order chi connectivity index (χ0) is 25.1. The van der Waals surface area contributed by atoms with E-state index in [0.717, 1.165) is 6.42 Å². The van der Waals surface area contributed by atoms with Gasteiger partial charge in [0.1, 0.15) is 0 Å². The summed E-state index contributed by atoms with van der Waals surface area (Å²) in [6, 6.07) is 18.0. The topological polar surface area (TPSA) is 27.6 Å². The van der Waals surface area contributed by atoms with E-state index >= 15 is 0 Å². The van der Waals surface area contributed by atoms with Crippen LogP contribution in [-0.2, 0) is 0 Å². The van der Waals surface area contributed by atoms with Crippen molar-refractivity contribution in [2.75, 3.05) is 4.90 Å². The summed E-state index contributed by atoms with van der Waals surface area (Å²) < 4.78 is 1.38. The molecule has 3 aromatic rings. The molecule has 5 unspecified atom stereocenters. The van der Waals surface area contributed by atoms with Crippen LogP contribution in [0.2, 0.25) is 0 Å². The van der Waals surface area contributed by atoms with E-state index in [1.807, 2.05) is 11.3 Å². The first-order valence-electron chi connectivity index (χ1n) is 14.0. The van der Waals surface area contributed by atoms with Crippen molar-refractivity contribution in [3.05, 3.63) is 119 Å². The van der Waals surface area contributed by atoms with Crippen molar-refractivity contribution < 1.29 is 0 Å². The lowest BCUT2D eigenvalue weighted by atomic mass is 9.86. The van der Waals surface area contributed by atoms with Gasteiger partial charge in [-0.15, -0.1) is 11.3 Å². The summed E-state index contributed by atoms with van der Waals surface area (Å²) in [5.41, 5.74) is 6.64. The van der Waals surface area contributed by atoms with E-state index in [1.165, 1.54) is 62.4 Å². The maximum absolute atomic E-state index is 5.45. The van der Waals surface area contributed by atoms with Gasteiger partial charge in [-0.05, 0) is 60.4 Å². The van der Waals surface area contributed by atoms with E-state index in [2.05, 4.69) is 113 Å². The maximum atomic E-state index is 5.45. The minimum atomic E-state index is -0.128. The molecule has 3 heterocycles. The number of nitrogens with one attached hydrogen (secondary N) is 1. The Kier molecular flexibility index (Phi) is 5.29. The largest absolute Gasteiger partial charge is 0.350 e. The molecule has 0 spiro atoms. The molecule has 1 N–H and O–H groups in total. The summed E-state index contributed by atoms with van der Waals surface area (Å²) in [4.78, 5) is 9.46. The predicted molar refractivity (Wildman–Crippen MR) is 161 cm³/mol. The van der Waals surface area contributed by atoms with Crippen LogP contribution in [0.3, 0.4) is 0 Å². The maximum Gasteiger partial charge on any atom is 0.197 e. The Bertz CT molecular complexity index is 1600. The van der Waals surface area contributed by atoms with Crippen molar-refractivity contribution >= 4 is 38.9 Å². The Morgan fingerprint density at radius 1 is 0.947 bits per heavy atom. The van der Waals surface area contributed by atoms with Gasteiger partial charge in [-0.2, -0.15) is 0 Å². The number of para-hydroxylation sites is 1. The third kappa shape index (κ3) is 3.50. The molecule has 38 heavy (non-hydrogen) atoms. The van der Waals surface area contributed by atoms with Gasteiger partial charge in [0, 0.05) is 44.4 Å². The van der Waals surface area contributed by atoms with Gasteiger partial charge >= 0.3 is 0 Å². The molecular weight excluding hydrogens is 482 g/mol. The number of nitrogens with zero attached hydrogens (tertiary/aromatic N) is 2. The van der Waals surface area contributed by atoms with Crippen molar-refractivity contribution in [3.8, 4) is 0 Å². The van der Waals surface area contributed by atoms with Gasteiger partial charge in [-0.1, -0.05) is 85.0 Å². The molecule has 4 heteroatoms. The second-order valence-electron chi connectivity index (χ2n) is 11.0. The molecular formula is C34H31N3S. The molecule has 0 saturated carbocycles. The second-order valence-corrected chi connectivity index (χ2v) is 12.0. The number of allylic oxidation sites excluding steroid dienone is 7. The lowest BCUT2D eigenvalue weighted by molar-refractivity contribution is 0.486. The van der Waals surface area contributed by atoms with Crippen molar-refractivity contribution in [2.45, 2.75) is 49.9 Å². The molecule has 5 aliphatic rings. The average Bonchev–Trinajstić information content (AvgIpc) is 3.53. The zero-order valence-corrected chi connectivity index (χ0v) is 22.1. The van der Waals surface area contributed by atoms with Gasteiger partial charge < -0.3 is 10.2 Å². The van der Waals surface area contributed by atoms with Crippen LogP contribution in [0.25, 0.3) is 16.2 Å². The van der Waals surface area contributed by atoms with Gasteiger partial charge in [0.15, 0.2) is 6.29 Å². The molecule has 0 saturated heterocycles. The van der Waals surface area contributed by atoms with E-state index in [4.69, 9.17) is 4.99 Å². The third-order valence-electron chi connectivity index (χ3n) is 8.78. The highest BCUT2D eigenvalue weighted by Gasteiger charge is 2.42. The molecule has 0 amide bonds. The van der Waals surface area contributed by atoms with Crippen molar-refractivity contribution in [2.24, 2.45) is 10.9 Å². The smallest absolute Gasteiger partial charge is 0.197 e. The van der Waals surface area contributed by atoms with E-state index < -0.39 is 0 Å². The number of rotatable bonds is 3. The number of hydrogen-bond donors (Lipinski definition) is 1. The Labute approximate surface area is 228 Å². The van der Waals surface area contributed by atoms with Crippen LogP contribution in [-0.4, -0.2) is 18.0 Å². The fourth-order valence-electron chi connectivity index (χ4n) is 6.98. The van der Waals surface area contributed by atoms with Crippen LogP contribution < -0.4 is 10.2 Å². The minimum Gasteiger partial charge on any atom is -0.350 e. The highest BCUT2D eigenvalue weighted by Crippen LogP contribution is 2.47. The van der Waals surface area contributed by atoms with E-state index in [-0.39, 0.29) is 12.3 Å². The Hall–Kier alpha value is -3.63. The quantitative estimate of drug-likeness (QED) is 0.359. The highest BCUT2D eigenvalue weighted by molar-refractivity contribution is 7.19. The molecule has 2 aliphatic heterocycles. The normalized spacial score (nSPS) is 28.9. The summed E-state index contributed by atoms with van der Waals surface area (Å²) in [6.45, 7) is 0. The van der Waals surface area contributed by atoms with Crippen LogP contribution in [0, 0.1) is 5.92 Å². The van der Waals surface area contributed by atoms with Crippen LogP contribution in [0.4, 0.5) is 5.69 Å². The van der Waals surface area contributed by atoms with Crippen LogP contribution in [0.1, 0.15) is 53.5 Å². The zero-order valence-electron chi connectivity index (χ0n) is 21.3. The van der Waals surface area contributed by atoms with Gasteiger partial charge in [-0.25, -0.2) is 4.99 Å². The Morgan fingerprint density at radius 3 is 2.79 bits per heavy atom. The van der Waals surface area contributed by atoms with Crippen molar-refractivity contribution in [3.63, 3.8) is 0 Å². The lowest BCUT2D eigenvalue weighted by Gasteiger charge is -2.39. The number of anilines is 1. The number of thiophene rings is 1. The molecule has 3 aliphatic carbocycles. The molecule has 3 nitrogen and oxygen atoms in total. The second kappa shape index (κ2) is 8.99. The SMILES string of the molecule is C1=CC2c3ccccc3N(C3N=C(C4C=CCCC4)C=C(C4CC=Cc5c4sc4ccccc54)N3)C2C=C1. The van der Waals surface area contributed by atoms with Crippen LogP contribution in [0.5, 0.6) is 0 Å². The van der Waals surface area contributed by atoms with E-state index in [1.54, 1.807) is 0 Å². The number of hydrogen-bond acceptors (Lipinski definition) is 4. The van der Waals surface area contributed by atoms with Gasteiger partial charge in [-0.3, -0.25) is 0 Å². The number of fused-ring (bicyclic) bond motifs is 6. The standard InChI is InChI=1S/C34H31N3S/c1-2-11-22(12-3-1)28-21-29(27-17-10-16-26-25-15-6-9-20-32(25)38-33(26)27)36-34(35-28)37-30-18-7-4-13-23(30)24-14-5-8-19-31(24)37/h2,4-11,13-16,18-23,27,30,34,36H,1,3,12,17H2. The summed E-state index contributed by atoms with van der Waals surface area (Å²) in [7, 11) is 0. The predicted octanol–water partition coefficient (Wildman–Crippen LogP) is 8.07.